The SMILES string of the molecule is CC(C)CCN1C(=O)C(CC(C)C)NC(=O)C1C(C)C. The highest BCUT2D eigenvalue weighted by atomic mass is 16.2. The third-order valence-corrected chi connectivity index (χ3v) is 3.79. The zero-order valence-corrected chi connectivity index (χ0v) is 13.8. The molecule has 4 heteroatoms. The molecule has 2 atom stereocenters. The number of piperazine rings is 1. The maximum atomic E-state index is 12.6. The van der Waals surface area contributed by atoms with Gasteiger partial charge in [0.2, 0.25) is 11.8 Å². The van der Waals surface area contributed by atoms with Gasteiger partial charge in [-0.15, -0.1) is 0 Å². The second-order valence-corrected chi connectivity index (χ2v) is 7.09. The molecule has 1 N–H and O–H groups in total. The highest BCUT2D eigenvalue weighted by Crippen LogP contribution is 2.21. The molecule has 116 valence electrons. The van der Waals surface area contributed by atoms with Crippen molar-refractivity contribution < 1.29 is 9.59 Å². The zero-order chi connectivity index (χ0) is 15.4. The fourth-order valence-corrected chi connectivity index (χ4v) is 2.74. The van der Waals surface area contributed by atoms with E-state index < -0.39 is 0 Å². The second-order valence-electron chi connectivity index (χ2n) is 7.09. The lowest BCUT2D eigenvalue weighted by Gasteiger charge is -2.41. The van der Waals surface area contributed by atoms with Crippen LogP contribution < -0.4 is 5.32 Å². The summed E-state index contributed by atoms with van der Waals surface area (Å²) in [6.07, 6.45) is 1.66. The van der Waals surface area contributed by atoms with E-state index in [9.17, 15) is 9.59 Å². The minimum atomic E-state index is -0.343. The number of hydrogen-bond donors (Lipinski definition) is 1. The van der Waals surface area contributed by atoms with Crippen molar-refractivity contribution in [1.29, 1.82) is 0 Å². The van der Waals surface area contributed by atoms with Crippen molar-refractivity contribution in [2.75, 3.05) is 6.54 Å². The standard InChI is InChI=1S/C16H30N2O2/c1-10(2)7-8-18-14(12(5)6)15(19)17-13(16(18)20)9-11(3)4/h10-14H,7-9H2,1-6H3,(H,17,19). The minimum Gasteiger partial charge on any atom is -0.342 e. The molecule has 0 spiro atoms. The van der Waals surface area contributed by atoms with E-state index in [1.165, 1.54) is 0 Å². The lowest BCUT2D eigenvalue weighted by atomic mass is 9.93. The normalized spacial score (nSPS) is 23.9. The Kier molecular flexibility index (Phi) is 6.03. The fraction of sp³-hybridized carbons (Fsp3) is 0.875. The van der Waals surface area contributed by atoms with Gasteiger partial charge in [-0.25, -0.2) is 0 Å². The van der Waals surface area contributed by atoms with Crippen LogP contribution in [0.15, 0.2) is 0 Å². The molecule has 1 aliphatic rings. The summed E-state index contributed by atoms with van der Waals surface area (Å²) in [7, 11) is 0. The number of carbonyl (C=O) groups excluding carboxylic acids is 2. The van der Waals surface area contributed by atoms with Crippen LogP contribution in [0.25, 0.3) is 0 Å². The maximum absolute atomic E-state index is 12.6. The molecule has 0 aromatic heterocycles. The van der Waals surface area contributed by atoms with Gasteiger partial charge in [-0.05, 0) is 30.6 Å². The van der Waals surface area contributed by atoms with Gasteiger partial charge in [0.1, 0.15) is 12.1 Å². The van der Waals surface area contributed by atoms with Crippen molar-refractivity contribution in [2.24, 2.45) is 17.8 Å². The van der Waals surface area contributed by atoms with E-state index in [0.29, 0.717) is 24.8 Å². The van der Waals surface area contributed by atoms with E-state index in [-0.39, 0.29) is 29.8 Å². The van der Waals surface area contributed by atoms with Gasteiger partial charge in [0.15, 0.2) is 0 Å². The second kappa shape index (κ2) is 7.09. The van der Waals surface area contributed by atoms with Gasteiger partial charge in [0.25, 0.3) is 0 Å². The minimum absolute atomic E-state index is 0.00834. The Morgan fingerprint density at radius 3 is 2.10 bits per heavy atom. The molecule has 0 saturated carbocycles. The van der Waals surface area contributed by atoms with Crippen molar-refractivity contribution in [3.8, 4) is 0 Å². The van der Waals surface area contributed by atoms with Gasteiger partial charge in [-0.3, -0.25) is 9.59 Å². The van der Waals surface area contributed by atoms with Crippen molar-refractivity contribution in [2.45, 2.75) is 66.5 Å². The van der Waals surface area contributed by atoms with Gasteiger partial charge in [0.05, 0.1) is 0 Å². The predicted octanol–water partition coefficient (Wildman–Crippen LogP) is 2.43. The molecule has 4 nitrogen and oxygen atoms in total. The number of nitrogens with one attached hydrogen (secondary N) is 1. The molecule has 0 bridgehead atoms. The predicted molar refractivity (Wildman–Crippen MR) is 81.2 cm³/mol. The number of rotatable bonds is 6. The first-order valence-corrected chi connectivity index (χ1v) is 7.84. The Labute approximate surface area is 123 Å². The summed E-state index contributed by atoms with van der Waals surface area (Å²) in [6, 6.07) is -0.658. The van der Waals surface area contributed by atoms with Gasteiger partial charge in [-0.2, -0.15) is 0 Å². The Morgan fingerprint density at radius 2 is 1.65 bits per heavy atom. The topological polar surface area (TPSA) is 49.4 Å². The van der Waals surface area contributed by atoms with Crippen LogP contribution in [0.5, 0.6) is 0 Å². The summed E-state index contributed by atoms with van der Waals surface area (Å²) in [5, 5.41) is 2.92. The van der Waals surface area contributed by atoms with Crippen molar-refractivity contribution in [3.63, 3.8) is 0 Å². The Hall–Kier alpha value is -1.06. The van der Waals surface area contributed by atoms with E-state index in [0.717, 1.165) is 6.42 Å². The van der Waals surface area contributed by atoms with E-state index in [1.54, 1.807) is 0 Å². The Morgan fingerprint density at radius 1 is 1.05 bits per heavy atom. The molecule has 0 aliphatic carbocycles. The highest BCUT2D eigenvalue weighted by Gasteiger charge is 2.41. The summed E-state index contributed by atoms with van der Waals surface area (Å²) < 4.78 is 0. The van der Waals surface area contributed by atoms with Gasteiger partial charge in [-0.1, -0.05) is 41.5 Å². The van der Waals surface area contributed by atoms with Crippen LogP contribution >= 0.6 is 0 Å². The summed E-state index contributed by atoms with van der Waals surface area (Å²) >= 11 is 0. The largest absolute Gasteiger partial charge is 0.342 e. The van der Waals surface area contributed by atoms with E-state index in [2.05, 4.69) is 33.0 Å². The van der Waals surface area contributed by atoms with Crippen LogP contribution in [0.4, 0.5) is 0 Å². The average molecular weight is 282 g/mol. The monoisotopic (exact) mass is 282 g/mol. The third-order valence-electron chi connectivity index (χ3n) is 3.79. The number of nitrogens with zero attached hydrogens (tertiary/aromatic N) is 1. The third kappa shape index (κ3) is 4.22. The first kappa shape index (κ1) is 17.0. The number of hydrogen-bond acceptors (Lipinski definition) is 2. The Balaban J connectivity index is 2.89. The Bertz CT molecular complexity index is 350. The van der Waals surface area contributed by atoms with Crippen LogP contribution in [0.3, 0.4) is 0 Å². The maximum Gasteiger partial charge on any atom is 0.245 e. The molecule has 0 radical (unpaired) electrons. The summed E-state index contributed by atoms with van der Waals surface area (Å²) in [5.74, 6) is 1.17. The first-order valence-electron chi connectivity index (χ1n) is 7.84. The van der Waals surface area contributed by atoms with Crippen LogP contribution in [0.1, 0.15) is 54.4 Å². The molecule has 1 aliphatic heterocycles. The molecule has 1 saturated heterocycles. The molecule has 0 aromatic carbocycles. The lowest BCUT2D eigenvalue weighted by Crippen LogP contribution is -2.65. The average Bonchev–Trinajstić information content (AvgIpc) is 2.29. The lowest BCUT2D eigenvalue weighted by molar-refractivity contribution is -0.151. The number of carbonyl (C=O) groups is 2. The molecule has 1 fully saturated rings. The van der Waals surface area contributed by atoms with E-state index in [1.807, 2.05) is 18.7 Å². The summed E-state index contributed by atoms with van der Waals surface area (Å²) in [5.41, 5.74) is 0. The molecule has 20 heavy (non-hydrogen) atoms. The molecular formula is C16H30N2O2. The van der Waals surface area contributed by atoms with Gasteiger partial charge < -0.3 is 10.2 Å². The van der Waals surface area contributed by atoms with Crippen molar-refractivity contribution in [1.82, 2.24) is 10.2 Å². The highest BCUT2D eigenvalue weighted by molar-refractivity contribution is 5.97. The van der Waals surface area contributed by atoms with Crippen LogP contribution in [0.2, 0.25) is 0 Å². The first-order chi connectivity index (χ1) is 9.23. The van der Waals surface area contributed by atoms with Crippen LogP contribution in [-0.2, 0) is 9.59 Å². The van der Waals surface area contributed by atoms with Crippen molar-refractivity contribution in [3.05, 3.63) is 0 Å². The molecule has 1 heterocycles. The number of amides is 2. The van der Waals surface area contributed by atoms with Crippen LogP contribution in [0, 0.1) is 17.8 Å². The van der Waals surface area contributed by atoms with Crippen LogP contribution in [-0.4, -0.2) is 35.3 Å². The summed E-state index contributed by atoms with van der Waals surface area (Å²) in [6.45, 7) is 13.1. The quantitative estimate of drug-likeness (QED) is 0.813. The smallest absolute Gasteiger partial charge is 0.245 e. The zero-order valence-electron chi connectivity index (χ0n) is 13.8. The fourth-order valence-electron chi connectivity index (χ4n) is 2.74. The molecule has 2 amide bonds. The van der Waals surface area contributed by atoms with E-state index in [4.69, 9.17) is 0 Å². The van der Waals surface area contributed by atoms with Gasteiger partial charge in [0, 0.05) is 6.54 Å². The molecule has 2 unspecified atom stereocenters. The van der Waals surface area contributed by atoms with E-state index >= 15 is 0 Å². The molecule has 1 rings (SSSR count). The van der Waals surface area contributed by atoms with Crippen molar-refractivity contribution >= 4 is 11.8 Å². The molecular weight excluding hydrogens is 252 g/mol. The summed E-state index contributed by atoms with van der Waals surface area (Å²) in [4.78, 5) is 26.8. The van der Waals surface area contributed by atoms with Gasteiger partial charge >= 0.3 is 0 Å². The molecule has 0 aromatic rings.